The first kappa shape index (κ1) is 15.8. The minimum Gasteiger partial charge on any atom is -0.457 e. The number of allylic oxidation sites excluding steroid dienone is 1. The molecule has 0 aliphatic heterocycles. The summed E-state index contributed by atoms with van der Waals surface area (Å²) in [6.07, 6.45) is 1.67. The van der Waals surface area contributed by atoms with Crippen molar-refractivity contribution in [2.45, 2.75) is 6.92 Å². The summed E-state index contributed by atoms with van der Waals surface area (Å²) < 4.78 is 5.77. The topological polar surface area (TPSA) is 49.8 Å². The summed E-state index contributed by atoms with van der Waals surface area (Å²) in [5.74, 6) is 1.15. The molecule has 0 saturated carbocycles. The maximum Gasteiger partial charge on any atom is 0.136 e. The van der Waals surface area contributed by atoms with E-state index >= 15 is 0 Å². The van der Waals surface area contributed by atoms with Gasteiger partial charge in [0.15, 0.2) is 0 Å². The number of hydrogen-bond donors (Lipinski definition) is 0. The normalized spacial score (nSPS) is 11.5. The van der Waals surface area contributed by atoms with Crippen LogP contribution in [-0.4, -0.2) is 4.98 Å². The first-order chi connectivity index (χ1) is 11.1. The number of nitriles is 1. The molecule has 0 aliphatic rings. The molecule has 3 rings (SSSR count). The van der Waals surface area contributed by atoms with Gasteiger partial charge >= 0.3 is 0 Å². The number of furan rings is 1. The van der Waals surface area contributed by atoms with E-state index in [0.717, 1.165) is 5.69 Å². The molecule has 0 N–H and O–H groups in total. The van der Waals surface area contributed by atoms with E-state index in [2.05, 4.69) is 11.1 Å². The van der Waals surface area contributed by atoms with E-state index in [1.54, 1.807) is 36.4 Å². The average molecular weight is 361 g/mol. The smallest absolute Gasteiger partial charge is 0.136 e. The number of aromatic nitrogens is 1. The van der Waals surface area contributed by atoms with Gasteiger partial charge in [0, 0.05) is 27.7 Å². The number of nitrogens with zero attached hydrogens (tertiary/aromatic N) is 2. The van der Waals surface area contributed by atoms with E-state index in [9.17, 15) is 5.26 Å². The van der Waals surface area contributed by atoms with Crippen molar-refractivity contribution >= 4 is 46.2 Å². The third kappa shape index (κ3) is 3.48. The Balaban J connectivity index is 1.97. The number of benzene rings is 1. The summed E-state index contributed by atoms with van der Waals surface area (Å²) in [6, 6.07) is 10.9. The van der Waals surface area contributed by atoms with Crippen LogP contribution in [0.2, 0.25) is 10.0 Å². The third-order valence-corrected chi connectivity index (χ3v) is 4.64. The number of hydrogen-bond acceptors (Lipinski definition) is 4. The van der Waals surface area contributed by atoms with Crippen molar-refractivity contribution < 1.29 is 4.42 Å². The molecule has 2 aromatic heterocycles. The summed E-state index contributed by atoms with van der Waals surface area (Å²) in [5.41, 5.74) is 2.06. The second-order valence-corrected chi connectivity index (χ2v) is 6.49. The van der Waals surface area contributed by atoms with Crippen LogP contribution in [-0.2, 0) is 0 Å². The zero-order valence-corrected chi connectivity index (χ0v) is 14.3. The van der Waals surface area contributed by atoms with Crippen molar-refractivity contribution in [2.75, 3.05) is 0 Å². The molecule has 0 bridgehead atoms. The molecular weight excluding hydrogens is 351 g/mol. The van der Waals surface area contributed by atoms with E-state index < -0.39 is 0 Å². The maximum absolute atomic E-state index is 9.32. The molecule has 1 aromatic carbocycles. The number of halogens is 2. The Morgan fingerprint density at radius 3 is 2.83 bits per heavy atom. The molecule has 6 heteroatoms. The standard InChI is InChI=1S/C17H10Cl2N2OS/c1-10-9-23-17(21-10)11(8-20)6-13-3-5-16(22-13)14-7-12(18)2-4-15(14)19/h2-7,9H,1H3/b11-6+. The monoisotopic (exact) mass is 360 g/mol. The van der Waals surface area contributed by atoms with Crippen LogP contribution < -0.4 is 0 Å². The molecule has 3 nitrogen and oxygen atoms in total. The van der Waals surface area contributed by atoms with Gasteiger partial charge in [0.25, 0.3) is 0 Å². The van der Waals surface area contributed by atoms with Crippen molar-refractivity contribution in [3.05, 3.63) is 62.2 Å². The Hall–Kier alpha value is -2.06. The van der Waals surface area contributed by atoms with Gasteiger partial charge in [0.05, 0.1) is 10.6 Å². The fourth-order valence-corrected chi connectivity index (χ4v) is 3.17. The summed E-state index contributed by atoms with van der Waals surface area (Å²) in [5, 5.41) is 13.0. The van der Waals surface area contributed by atoms with Crippen molar-refractivity contribution in [1.29, 1.82) is 5.26 Å². The van der Waals surface area contributed by atoms with Crippen molar-refractivity contribution in [2.24, 2.45) is 0 Å². The molecule has 0 radical (unpaired) electrons. The van der Waals surface area contributed by atoms with Gasteiger partial charge in [-0.15, -0.1) is 11.3 Å². The van der Waals surface area contributed by atoms with E-state index in [0.29, 0.717) is 37.7 Å². The Labute approximate surface area is 147 Å². The predicted molar refractivity (Wildman–Crippen MR) is 94.5 cm³/mol. The van der Waals surface area contributed by atoms with Crippen LogP contribution in [0, 0.1) is 18.3 Å². The van der Waals surface area contributed by atoms with Gasteiger partial charge in [-0.25, -0.2) is 4.98 Å². The lowest BCUT2D eigenvalue weighted by atomic mass is 10.2. The first-order valence-corrected chi connectivity index (χ1v) is 8.30. The lowest BCUT2D eigenvalue weighted by Gasteiger charge is -2.01. The lowest BCUT2D eigenvalue weighted by molar-refractivity contribution is 0.572. The fourth-order valence-electron chi connectivity index (χ4n) is 2.02. The molecule has 3 aromatic rings. The number of aryl methyl sites for hydroxylation is 1. The molecule has 0 spiro atoms. The summed E-state index contributed by atoms with van der Waals surface area (Å²) in [6.45, 7) is 1.89. The van der Waals surface area contributed by atoms with Gasteiger partial charge in [-0.2, -0.15) is 5.26 Å². The molecule has 0 saturated heterocycles. The minimum absolute atomic E-state index is 0.459. The summed E-state index contributed by atoms with van der Waals surface area (Å²) >= 11 is 13.6. The first-order valence-electron chi connectivity index (χ1n) is 6.66. The van der Waals surface area contributed by atoms with Gasteiger partial charge in [0.2, 0.25) is 0 Å². The molecule has 2 heterocycles. The minimum atomic E-state index is 0.459. The van der Waals surface area contributed by atoms with Crippen LogP contribution in [0.25, 0.3) is 23.0 Å². The Bertz CT molecular complexity index is 934. The van der Waals surface area contributed by atoms with Crippen molar-refractivity contribution in [3.63, 3.8) is 0 Å². The van der Waals surface area contributed by atoms with Crippen LogP contribution in [0.3, 0.4) is 0 Å². The van der Waals surface area contributed by atoms with Crippen LogP contribution in [0.5, 0.6) is 0 Å². The highest BCUT2D eigenvalue weighted by Gasteiger charge is 2.11. The predicted octanol–water partition coefficient (Wildman–Crippen LogP) is 6.08. The molecule has 0 aliphatic carbocycles. The van der Waals surface area contributed by atoms with Crippen molar-refractivity contribution in [3.8, 4) is 17.4 Å². The maximum atomic E-state index is 9.32. The highest BCUT2D eigenvalue weighted by molar-refractivity contribution is 7.11. The molecule has 0 fully saturated rings. The quantitative estimate of drug-likeness (QED) is 0.531. The second-order valence-electron chi connectivity index (χ2n) is 4.79. The Kier molecular flexibility index (Phi) is 4.53. The Morgan fingerprint density at radius 2 is 2.13 bits per heavy atom. The average Bonchev–Trinajstić information content (AvgIpc) is 3.16. The van der Waals surface area contributed by atoms with Crippen LogP contribution in [0.15, 0.2) is 40.1 Å². The van der Waals surface area contributed by atoms with Gasteiger partial charge < -0.3 is 4.42 Å². The summed E-state index contributed by atoms with van der Waals surface area (Å²) in [4.78, 5) is 4.32. The van der Waals surface area contributed by atoms with Crippen molar-refractivity contribution in [1.82, 2.24) is 4.98 Å². The van der Waals surface area contributed by atoms with E-state index in [1.165, 1.54) is 11.3 Å². The van der Waals surface area contributed by atoms with Gasteiger partial charge in [0.1, 0.15) is 22.6 Å². The van der Waals surface area contributed by atoms with E-state index in [1.807, 2.05) is 12.3 Å². The third-order valence-electron chi connectivity index (χ3n) is 3.08. The zero-order valence-electron chi connectivity index (χ0n) is 12.0. The lowest BCUT2D eigenvalue weighted by Crippen LogP contribution is -1.80. The SMILES string of the molecule is Cc1csc(/C(C#N)=C/c2ccc(-c3cc(Cl)ccc3Cl)o2)n1. The molecule has 0 atom stereocenters. The molecule has 23 heavy (non-hydrogen) atoms. The fraction of sp³-hybridized carbons (Fsp3) is 0.0588. The number of thiazole rings is 1. The second kappa shape index (κ2) is 6.59. The summed E-state index contributed by atoms with van der Waals surface area (Å²) in [7, 11) is 0. The van der Waals surface area contributed by atoms with E-state index in [-0.39, 0.29) is 0 Å². The van der Waals surface area contributed by atoms with Gasteiger partial charge in [-0.1, -0.05) is 23.2 Å². The largest absolute Gasteiger partial charge is 0.457 e. The van der Waals surface area contributed by atoms with Crippen LogP contribution >= 0.6 is 34.5 Å². The highest BCUT2D eigenvalue weighted by Crippen LogP contribution is 2.32. The molecule has 0 amide bonds. The number of rotatable bonds is 3. The van der Waals surface area contributed by atoms with Gasteiger partial charge in [-0.05, 0) is 37.3 Å². The van der Waals surface area contributed by atoms with Crippen LogP contribution in [0.1, 0.15) is 16.5 Å². The highest BCUT2D eigenvalue weighted by atomic mass is 35.5. The molecule has 0 unspecified atom stereocenters. The van der Waals surface area contributed by atoms with Crippen LogP contribution in [0.4, 0.5) is 0 Å². The zero-order chi connectivity index (χ0) is 16.4. The molecule has 114 valence electrons. The molecular formula is C17H10Cl2N2OS. The van der Waals surface area contributed by atoms with Gasteiger partial charge in [-0.3, -0.25) is 0 Å². The van der Waals surface area contributed by atoms with E-state index in [4.69, 9.17) is 27.6 Å². The Morgan fingerprint density at radius 1 is 1.30 bits per heavy atom.